The number of ether oxygens (including phenoxy) is 1. The summed E-state index contributed by atoms with van der Waals surface area (Å²) in [4.78, 5) is 0. The lowest BCUT2D eigenvalue weighted by Crippen LogP contribution is -2.37. The first-order valence-corrected chi connectivity index (χ1v) is 10.4. The van der Waals surface area contributed by atoms with Crippen LogP contribution in [0.15, 0.2) is 30.3 Å². The van der Waals surface area contributed by atoms with Gasteiger partial charge in [0.05, 0.1) is 11.5 Å². The molecule has 0 saturated heterocycles. The van der Waals surface area contributed by atoms with Gasteiger partial charge in [-0.05, 0) is 61.4 Å². The Bertz CT molecular complexity index is 946. The fourth-order valence-corrected chi connectivity index (χ4v) is 4.17. The minimum Gasteiger partial charge on any atom is -0.429 e. The summed E-state index contributed by atoms with van der Waals surface area (Å²) in [5.41, 5.74) is -2.51. The highest BCUT2D eigenvalue weighted by Crippen LogP contribution is 2.42. The summed E-state index contributed by atoms with van der Waals surface area (Å²) >= 11 is 0. The van der Waals surface area contributed by atoms with E-state index in [9.17, 15) is 35.1 Å². The number of rotatable bonds is 6. The maximum atomic E-state index is 14.6. The average Bonchev–Trinajstić information content (AvgIpc) is 2.71. The molecule has 1 fully saturated rings. The zero-order valence-corrected chi connectivity index (χ0v) is 17.2. The van der Waals surface area contributed by atoms with Crippen LogP contribution in [0.2, 0.25) is 0 Å². The zero-order chi connectivity index (χ0) is 23.7. The highest BCUT2D eigenvalue weighted by molar-refractivity contribution is 5.66. The number of hydrogen-bond donors (Lipinski definition) is 0. The Morgan fingerprint density at radius 1 is 0.875 bits per heavy atom. The maximum absolute atomic E-state index is 14.6. The van der Waals surface area contributed by atoms with Crippen molar-refractivity contribution in [1.29, 1.82) is 0 Å². The van der Waals surface area contributed by atoms with Crippen molar-refractivity contribution in [2.24, 2.45) is 11.8 Å². The first-order valence-electron chi connectivity index (χ1n) is 10.4. The molecule has 1 saturated carbocycles. The molecule has 2 aromatic carbocycles. The van der Waals surface area contributed by atoms with Crippen molar-refractivity contribution >= 4 is 0 Å². The van der Waals surface area contributed by atoms with E-state index in [1.165, 1.54) is 0 Å². The Balaban J connectivity index is 1.80. The van der Waals surface area contributed by atoms with E-state index < -0.39 is 52.5 Å². The second-order valence-corrected chi connectivity index (χ2v) is 8.10. The second-order valence-electron chi connectivity index (χ2n) is 8.10. The van der Waals surface area contributed by atoms with Crippen LogP contribution in [0.4, 0.5) is 35.1 Å². The van der Waals surface area contributed by atoms with Crippen molar-refractivity contribution in [2.75, 3.05) is 0 Å². The fourth-order valence-electron chi connectivity index (χ4n) is 4.17. The summed E-state index contributed by atoms with van der Waals surface area (Å²) in [6, 6.07) is 3.21. The molecule has 0 atom stereocenters. The van der Waals surface area contributed by atoms with Crippen molar-refractivity contribution < 1.29 is 39.9 Å². The molecule has 0 unspecified atom stereocenters. The van der Waals surface area contributed by atoms with Gasteiger partial charge in [-0.2, -0.15) is 26.3 Å². The summed E-state index contributed by atoms with van der Waals surface area (Å²) in [5.74, 6) is -6.79. The second kappa shape index (κ2) is 9.27. The Morgan fingerprint density at radius 2 is 1.53 bits per heavy atom. The van der Waals surface area contributed by atoms with Crippen molar-refractivity contribution in [1.82, 2.24) is 0 Å². The smallest absolute Gasteiger partial charge is 0.419 e. The molecule has 0 aromatic heterocycles. The summed E-state index contributed by atoms with van der Waals surface area (Å²) in [6.45, 7) is 2.02. The molecule has 0 N–H and O–H groups in total. The molecule has 0 amide bonds. The van der Waals surface area contributed by atoms with Crippen molar-refractivity contribution in [2.45, 2.75) is 57.7 Å². The maximum Gasteiger partial charge on any atom is 0.419 e. The van der Waals surface area contributed by atoms with Crippen molar-refractivity contribution in [3.63, 3.8) is 0 Å². The van der Waals surface area contributed by atoms with Gasteiger partial charge in [-0.25, -0.2) is 8.78 Å². The molecule has 0 aliphatic heterocycles. The molecular weight excluding hydrogens is 444 g/mol. The van der Waals surface area contributed by atoms with E-state index in [2.05, 4.69) is 4.74 Å². The van der Waals surface area contributed by atoms with E-state index in [0.29, 0.717) is 30.9 Å². The first kappa shape index (κ1) is 24.3. The predicted molar refractivity (Wildman–Crippen MR) is 103 cm³/mol. The predicted octanol–water partition coefficient (Wildman–Crippen LogP) is 8.37. The quantitative estimate of drug-likeness (QED) is 0.389. The van der Waals surface area contributed by atoms with Crippen LogP contribution >= 0.6 is 0 Å². The Kier molecular flexibility index (Phi) is 7.05. The number of benzene rings is 2. The molecule has 32 heavy (non-hydrogen) atoms. The number of halogens is 8. The summed E-state index contributed by atoms with van der Waals surface area (Å²) in [6.07, 6.45) is -5.15. The van der Waals surface area contributed by atoms with E-state index in [4.69, 9.17) is 0 Å². The molecule has 176 valence electrons. The van der Waals surface area contributed by atoms with Gasteiger partial charge >= 0.3 is 12.3 Å². The fraction of sp³-hybridized carbons (Fsp3) is 0.478. The monoisotopic (exact) mass is 466 g/mol. The molecule has 0 bridgehead atoms. The van der Waals surface area contributed by atoms with Crippen molar-refractivity contribution in [3.8, 4) is 16.9 Å². The summed E-state index contributed by atoms with van der Waals surface area (Å²) in [5, 5.41) is 0. The molecule has 1 nitrogen and oxygen atoms in total. The molecule has 1 aliphatic rings. The van der Waals surface area contributed by atoms with Gasteiger partial charge in [-0.3, -0.25) is 0 Å². The third kappa shape index (κ3) is 5.18. The van der Waals surface area contributed by atoms with Gasteiger partial charge in [-0.1, -0.05) is 25.8 Å². The Hall–Kier alpha value is -2.32. The highest BCUT2D eigenvalue weighted by Gasteiger charge is 2.44. The van der Waals surface area contributed by atoms with Crippen LogP contribution in [-0.4, -0.2) is 6.11 Å². The molecule has 9 heteroatoms. The minimum absolute atomic E-state index is 0.199. The lowest BCUT2D eigenvalue weighted by Gasteiger charge is -2.33. The van der Waals surface area contributed by atoms with Crippen LogP contribution in [-0.2, 0) is 6.18 Å². The summed E-state index contributed by atoms with van der Waals surface area (Å²) in [7, 11) is 0. The molecular formula is C23H22F8O. The lowest BCUT2D eigenvalue weighted by atomic mass is 9.79. The Labute approximate surface area is 180 Å². The number of alkyl halides is 5. The van der Waals surface area contributed by atoms with E-state index in [0.717, 1.165) is 31.0 Å². The molecule has 3 rings (SSSR count). The van der Waals surface area contributed by atoms with E-state index in [1.807, 2.05) is 6.92 Å². The standard InChI is InChI=1S/C23H22F8O/c1-2-3-13-4-7-15(8-5-13)23(30,31)32-19-11-9-16(20(25)21(19)26)14-6-10-17(18(24)12-14)22(27,28)29/h6,9-13,15H,2-5,7-8H2,1H3. The van der Waals surface area contributed by atoms with E-state index >= 15 is 0 Å². The summed E-state index contributed by atoms with van der Waals surface area (Å²) < 4.78 is 115. The van der Waals surface area contributed by atoms with E-state index in [1.54, 1.807) is 0 Å². The average molecular weight is 466 g/mol. The van der Waals surface area contributed by atoms with Gasteiger partial charge in [-0.15, -0.1) is 0 Å². The molecule has 1 aliphatic carbocycles. The van der Waals surface area contributed by atoms with Crippen LogP contribution in [0, 0.1) is 29.3 Å². The number of hydrogen-bond acceptors (Lipinski definition) is 1. The van der Waals surface area contributed by atoms with Gasteiger partial charge in [0, 0.05) is 5.56 Å². The van der Waals surface area contributed by atoms with Crippen LogP contribution in [0.1, 0.15) is 51.0 Å². The Morgan fingerprint density at radius 3 is 2.09 bits per heavy atom. The third-order valence-electron chi connectivity index (χ3n) is 5.90. The molecule has 0 radical (unpaired) electrons. The van der Waals surface area contributed by atoms with Gasteiger partial charge in [0.15, 0.2) is 11.6 Å². The molecule has 0 heterocycles. The molecule has 2 aromatic rings. The van der Waals surface area contributed by atoms with Crippen molar-refractivity contribution in [3.05, 3.63) is 53.3 Å². The van der Waals surface area contributed by atoms with Crippen LogP contribution in [0.25, 0.3) is 11.1 Å². The highest BCUT2D eigenvalue weighted by atomic mass is 19.4. The van der Waals surface area contributed by atoms with Gasteiger partial charge in [0.2, 0.25) is 5.82 Å². The molecule has 0 spiro atoms. The van der Waals surface area contributed by atoms with Crippen LogP contribution in [0.5, 0.6) is 5.75 Å². The van der Waals surface area contributed by atoms with Crippen LogP contribution in [0.3, 0.4) is 0 Å². The lowest BCUT2D eigenvalue weighted by molar-refractivity contribution is -0.224. The van der Waals surface area contributed by atoms with Crippen LogP contribution < -0.4 is 4.74 Å². The SMILES string of the molecule is CCCC1CCC(C(F)(F)Oc2ccc(-c3ccc(C(F)(F)F)c(F)c3)c(F)c2F)CC1. The zero-order valence-electron chi connectivity index (χ0n) is 17.2. The van der Waals surface area contributed by atoms with E-state index in [-0.39, 0.29) is 18.4 Å². The van der Waals surface area contributed by atoms with Gasteiger partial charge in [0.1, 0.15) is 5.82 Å². The topological polar surface area (TPSA) is 9.23 Å². The third-order valence-corrected chi connectivity index (χ3v) is 5.90. The minimum atomic E-state index is -4.95. The first-order chi connectivity index (χ1) is 14.9. The normalized spacial score (nSPS) is 19.8. The van der Waals surface area contributed by atoms with Gasteiger partial charge < -0.3 is 4.74 Å². The van der Waals surface area contributed by atoms with Gasteiger partial charge in [0.25, 0.3) is 0 Å². The largest absolute Gasteiger partial charge is 0.429 e.